The Morgan fingerprint density at radius 3 is 0.986 bits per heavy atom. The molecule has 30 nitrogen and oxygen atoms in total. The molecule has 0 radical (unpaired) electrons. The Morgan fingerprint density at radius 1 is 0.313 bits per heavy atom. The van der Waals surface area contributed by atoms with Crippen molar-refractivity contribution in [2.24, 2.45) is 0 Å². The van der Waals surface area contributed by atoms with Gasteiger partial charge in [-0.15, -0.1) is 56.7 Å². The summed E-state index contributed by atoms with van der Waals surface area (Å²) in [6.07, 6.45) is 15.0. The summed E-state index contributed by atoms with van der Waals surface area (Å²) in [6.45, 7) is 31.0. The van der Waals surface area contributed by atoms with Crippen LogP contribution in [-0.4, -0.2) is 149 Å². The first-order valence-corrected chi connectivity index (χ1v) is 52.5. The lowest BCUT2D eigenvalue weighted by atomic mass is 10.0. The number of anilines is 6. The Morgan fingerprint density at radius 2 is 0.633 bits per heavy atom. The number of thiazole rings is 5. The largest absolute Gasteiger partial charge is 0.495 e. The predicted molar refractivity (Wildman–Crippen MR) is 573 cm³/mol. The Kier molecular flexibility index (Phi) is 33.4. The number of ether oxygens (including phenoxy) is 11. The number of amides is 5. The van der Waals surface area contributed by atoms with Crippen LogP contribution in [0, 0.1) is 34.6 Å². The van der Waals surface area contributed by atoms with Gasteiger partial charge in [-0.3, -0.25) is 53.5 Å². The summed E-state index contributed by atoms with van der Waals surface area (Å²) in [5.74, 6) is 6.81. The minimum absolute atomic E-state index is 0.0618. The number of aryl methyl sites for hydroxylation is 5. The number of hydrogen-bond acceptors (Lipinski definition) is 30. The fourth-order valence-corrected chi connectivity index (χ4v) is 21.1. The van der Waals surface area contributed by atoms with Crippen LogP contribution in [0.5, 0.6) is 63.2 Å². The second-order valence-corrected chi connectivity index (χ2v) is 42.9. The number of carbonyl (C=O) groups is 5. The van der Waals surface area contributed by atoms with Crippen molar-refractivity contribution in [3.05, 3.63) is 319 Å². The molecule has 5 aliphatic rings. The van der Waals surface area contributed by atoms with Crippen LogP contribution in [0.2, 0.25) is 0 Å². The zero-order valence-electron chi connectivity index (χ0n) is 85.0. The highest BCUT2D eigenvalue weighted by Crippen LogP contribution is 2.48. The first-order chi connectivity index (χ1) is 70.5. The number of hydrogen-bond donors (Lipinski definition) is 0. The van der Waals surface area contributed by atoms with Gasteiger partial charge in [0.05, 0.1) is 60.9 Å². The van der Waals surface area contributed by atoms with Crippen LogP contribution in [0.3, 0.4) is 0 Å². The normalized spacial score (nSPS) is 14.1. The lowest BCUT2D eigenvalue weighted by molar-refractivity contribution is -0.121. The zero-order valence-corrected chi connectivity index (χ0v) is 89.1. The number of pyridine rings is 2. The Balaban J connectivity index is 0.000000131. The van der Waals surface area contributed by atoms with E-state index >= 15 is 0 Å². The van der Waals surface area contributed by atoms with Crippen LogP contribution in [0.15, 0.2) is 240 Å². The maximum Gasteiger partial charge on any atom is 0.271 e. The molecular formula is C112H118N14O16S5. The number of para-hydroxylation sites is 7. The van der Waals surface area contributed by atoms with Gasteiger partial charge in [0.15, 0.2) is 116 Å². The van der Waals surface area contributed by atoms with E-state index in [-0.39, 0.29) is 97.1 Å². The third-order valence-corrected chi connectivity index (χ3v) is 28.4. The molecule has 5 aliphatic heterocycles. The van der Waals surface area contributed by atoms with Crippen molar-refractivity contribution in [3.8, 4) is 63.2 Å². The molecule has 0 bridgehead atoms. The van der Waals surface area contributed by atoms with Crippen molar-refractivity contribution in [1.82, 2.24) is 44.9 Å². The summed E-state index contributed by atoms with van der Waals surface area (Å²) in [5.41, 5.74) is 12.2. The van der Waals surface area contributed by atoms with Crippen molar-refractivity contribution in [2.45, 2.75) is 190 Å². The van der Waals surface area contributed by atoms with Crippen LogP contribution in [0.1, 0.15) is 148 Å². The zero-order chi connectivity index (χ0) is 104. The Hall–Kier alpha value is -14.8. The van der Waals surface area contributed by atoms with Gasteiger partial charge in [0.25, 0.3) is 29.5 Å². The van der Waals surface area contributed by atoms with Gasteiger partial charge < -0.3 is 52.1 Å². The van der Waals surface area contributed by atoms with Crippen molar-refractivity contribution in [1.29, 1.82) is 0 Å². The molecule has 20 rings (SSSR count). The van der Waals surface area contributed by atoms with Crippen LogP contribution in [-0.2, 0) is 82.1 Å². The summed E-state index contributed by atoms with van der Waals surface area (Å²) in [4.78, 5) is 113. The fraction of sp³-hybridized carbons (Fsp3) is 0.321. The molecule has 0 unspecified atom stereocenters. The number of carbonyl (C=O) groups excluding carboxylic acids is 5. The number of methoxy groups -OCH3 is 1. The van der Waals surface area contributed by atoms with Crippen LogP contribution in [0.25, 0.3) is 0 Å². The SMILES string of the molecule is COc1ccccc1N(C(=O)COc1cccc2c1OC(C)(C)C2)c1nc(C)cs1.Cc1csc(N(CCc2ccccc2)C(=O)COc2cccc3c2OC(C)(C)C3)n1.Cc1csc(N(Cc2cccnc2)C(=O)COc2cccc3c2OC(C)(C)C3)n1.Cc1csc(N(Cc2ccncc2)C(=O)COc2cccc3c2OC(C)(C)C3)n1.Cc1csc(N(Cc2ncccn2)C(=O)COc2cccc3c2OC(C)(C)C3)n1. The molecule has 0 fully saturated rings. The summed E-state index contributed by atoms with van der Waals surface area (Å²) in [7, 11) is 1.58. The minimum Gasteiger partial charge on any atom is -0.495 e. The number of aromatic nitrogens is 9. The third-order valence-electron chi connectivity index (χ3n) is 23.5. The van der Waals surface area contributed by atoms with E-state index in [0.29, 0.717) is 103 Å². The molecule has 0 atom stereocenters. The molecule has 0 saturated heterocycles. The molecular weight excluding hydrogens is 1960 g/mol. The molecule has 762 valence electrons. The van der Waals surface area contributed by atoms with E-state index < -0.39 is 0 Å². The lowest BCUT2D eigenvalue weighted by Crippen LogP contribution is -2.36. The van der Waals surface area contributed by atoms with E-state index in [9.17, 15) is 24.0 Å². The van der Waals surface area contributed by atoms with E-state index in [1.807, 2.05) is 275 Å². The van der Waals surface area contributed by atoms with Gasteiger partial charge in [0, 0.05) is 131 Å². The standard InChI is InChI=1S/C24H26N2O3S.C23H24N2O4S.2C22H23N3O3S.C21H22N4O3S/c1-17-16-30-23(25-17)26(13-12-18-8-5-4-6-9-18)21(27)15-28-20-11-7-10-19-14-24(2,3)29-22(19)20;1-15-14-30-22(24-15)25(17-9-5-6-10-18(17)27-4)20(26)13-28-19-11-7-8-16-12-23(2,3)29-21(16)19;1-15-14-29-21(24-15)25(12-16-6-5-9-23-11-16)19(26)13-27-18-8-4-7-17-10-22(2,3)28-20(17)18;1-15-14-29-21(24-15)25(12-16-7-9-23-10-8-16)19(26)13-27-18-6-4-5-17-11-22(2,3)28-20(17)18;1-14-13-29-20(24-14)25(11-17-22-8-5-9-23-17)18(26)12-27-16-7-4-6-15-10-21(2,3)28-19(15)16/h4-11,16H,12-15H2,1-3H3;5-11,14H,12-13H2,1-4H3;4-9,11,14H,10,12-13H2,1-3H3;4-10,14H,11-13H2,1-3H3;4-9,13H,10-12H2,1-3H3. The van der Waals surface area contributed by atoms with Gasteiger partial charge in [-0.1, -0.05) is 109 Å². The van der Waals surface area contributed by atoms with Gasteiger partial charge in [-0.05, 0) is 194 Å². The molecule has 35 heteroatoms. The molecule has 147 heavy (non-hydrogen) atoms. The van der Waals surface area contributed by atoms with Crippen molar-refractivity contribution < 1.29 is 76.1 Å². The number of nitrogens with zero attached hydrogens (tertiary/aromatic N) is 14. The van der Waals surface area contributed by atoms with E-state index in [1.54, 1.807) is 74.9 Å². The topological polar surface area (TPSA) is 319 Å². The molecule has 5 amide bonds. The number of benzene rings is 7. The van der Waals surface area contributed by atoms with Gasteiger partial charge in [-0.25, -0.2) is 39.8 Å². The second kappa shape index (κ2) is 46.7. The number of rotatable bonds is 31. The molecule has 0 saturated carbocycles. The summed E-state index contributed by atoms with van der Waals surface area (Å²) in [5, 5.41) is 12.8. The Labute approximate surface area is 875 Å². The van der Waals surface area contributed by atoms with E-state index in [2.05, 4.69) is 70.8 Å². The number of fused-ring (bicyclic) bond motifs is 5. The van der Waals surface area contributed by atoms with E-state index in [1.165, 1.54) is 62.2 Å². The average Bonchev–Trinajstić information content (AvgIpc) is 1.71. The molecule has 0 spiro atoms. The quantitative estimate of drug-likeness (QED) is 0.0389. The summed E-state index contributed by atoms with van der Waals surface area (Å²) >= 11 is 7.17. The fourth-order valence-electron chi connectivity index (χ4n) is 16.9. The van der Waals surface area contributed by atoms with Crippen LogP contribution in [0.4, 0.5) is 31.3 Å². The average molecular weight is 2080 g/mol. The van der Waals surface area contributed by atoms with Crippen LogP contribution < -0.4 is 76.6 Å². The van der Waals surface area contributed by atoms with Gasteiger partial charge >= 0.3 is 0 Å². The highest BCUT2D eigenvalue weighted by Gasteiger charge is 2.40. The highest BCUT2D eigenvalue weighted by molar-refractivity contribution is 7.15. The van der Waals surface area contributed by atoms with Crippen LogP contribution >= 0.6 is 56.7 Å². The minimum atomic E-state index is -0.284. The van der Waals surface area contributed by atoms with Gasteiger partial charge in [-0.2, -0.15) is 0 Å². The van der Waals surface area contributed by atoms with Gasteiger partial charge in [0.2, 0.25) is 0 Å². The molecule has 0 aliphatic carbocycles. The van der Waals surface area contributed by atoms with Gasteiger partial charge in [0.1, 0.15) is 39.6 Å². The molecule has 7 aromatic carbocycles. The highest BCUT2D eigenvalue weighted by atomic mass is 32.1. The summed E-state index contributed by atoms with van der Waals surface area (Å²) in [6, 6.07) is 55.8. The lowest BCUT2D eigenvalue weighted by Gasteiger charge is -2.22. The maximum absolute atomic E-state index is 13.3. The molecule has 0 N–H and O–H groups in total. The predicted octanol–water partition coefficient (Wildman–Crippen LogP) is 21.6. The van der Waals surface area contributed by atoms with E-state index in [4.69, 9.17) is 52.1 Å². The molecule has 13 heterocycles. The monoisotopic (exact) mass is 2070 g/mol. The first-order valence-electron chi connectivity index (χ1n) is 48.1. The second-order valence-electron chi connectivity index (χ2n) is 38.7. The third kappa shape index (κ3) is 27.7. The maximum atomic E-state index is 13.3. The van der Waals surface area contributed by atoms with E-state index in [0.717, 1.165) is 123 Å². The van der Waals surface area contributed by atoms with Crippen molar-refractivity contribution >= 4 is 118 Å². The van der Waals surface area contributed by atoms with Crippen molar-refractivity contribution in [2.75, 3.05) is 71.2 Å². The molecule has 8 aromatic heterocycles. The van der Waals surface area contributed by atoms with Crippen molar-refractivity contribution in [3.63, 3.8) is 0 Å². The molecule has 15 aromatic rings. The Bertz CT molecular complexity index is 6710. The smallest absolute Gasteiger partial charge is 0.271 e. The summed E-state index contributed by atoms with van der Waals surface area (Å²) < 4.78 is 65.2. The first kappa shape index (κ1) is 105.